The number of benzene rings is 1. The smallest absolute Gasteiger partial charge is 0.324 e. The summed E-state index contributed by atoms with van der Waals surface area (Å²) in [5.74, 6) is 1.08. The number of nitrogens with zero attached hydrogens (tertiary/aromatic N) is 5. The topological polar surface area (TPSA) is 140 Å². The Hall–Kier alpha value is -4.22. The van der Waals surface area contributed by atoms with Crippen LogP contribution in [0.1, 0.15) is 12.8 Å². The molecular formula is C21H23N7O5. The summed E-state index contributed by atoms with van der Waals surface area (Å²) in [6.07, 6.45) is 0.376. The van der Waals surface area contributed by atoms with E-state index >= 15 is 0 Å². The number of aromatic nitrogens is 4. The highest BCUT2D eigenvalue weighted by Gasteiger charge is 2.22. The zero-order valence-electron chi connectivity index (χ0n) is 18.0. The molecule has 4 rings (SSSR count). The number of fused-ring (bicyclic) bond motifs is 1. The fourth-order valence-corrected chi connectivity index (χ4v) is 3.27. The molecule has 1 aliphatic heterocycles. The fourth-order valence-electron chi connectivity index (χ4n) is 3.27. The minimum atomic E-state index is -0.467. The van der Waals surface area contributed by atoms with Gasteiger partial charge >= 0.3 is 6.03 Å². The zero-order valence-corrected chi connectivity index (χ0v) is 18.0. The van der Waals surface area contributed by atoms with E-state index in [2.05, 4.69) is 25.9 Å². The molecule has 0 bridgehead atoms. The molecule has 1 aromatic carbocycles. The molecule has 0 saturated carbocycles. The van der Waals surface area contributed by atoms with Crippen molar-refractivity contribution in [1.82, 2.24) is 35.3 Å². The number of carbonyl (C=O) groups is 3. The number of hydrogen-bond donors (Lipinski definition) is 2. The number of amides is 4. The molecule has 172 valence electrons. The summed E-state index contributed by atoms with van der Waals surface area (Å²) in [7, 11) is 1.59. The molecule has 12 heteroatoms. The Labute approximate surface area is 188 Å². The van der Waals surface area contributed by atoms with Gasteiger partial charge in [0.25, 0.3) is 0 Å². The third-order valence-corrected chi connectivity index (χ3v) is 4.99. The lowest BCUT2D eigenvalue weighted by atomic mass is 10.2. The number of methoxy groups -OCH3 is 1. The molecular weight excluding hydrogens is 430 g/mol. The molecule has 4 amide bonds. The summed E-state index contributed by atoms with van der Waals surface area (Å²) < 4.78 is 12.5. The maximum Gasteiger partial charge on any atom is 0.324 e. The lowest BCUT2D eigenvalue weighted by Crippen LogP contribution is -2.50. The van der Waals surface area contributed by atoms with Gasteiger partial charge in [0.2, 0.25) is 17.7 Å². The summed E-state index contributed by atoms with van der Waals surface area (Å²) in [6, 6.07) is 10.4. The van der Waals surface area contributed by atoms with Crippen molar-refractivity contribution in [1.29, 1.82) is 0 Å². The van der Waals surface area contributed by atoms with E-state index in [-0.39, 0.29) is 44.4 Å². The van der Waals surface area contributed by atoms with Gasteiger partial charge in [-0.3, -0.25) is 14.9 Å². The van der Waals surface area contributed by atoms with Crippen molar-refractivity contribution in [2.75, 3.05) is 33.4 Å². The molecule has 0 spiro atoms. The maximum atomic E-state index is 12.0. The Morgan fingerprint density at radius 1 is 1.21 bits per heavy atom. The molecule has 0 unspecified atom stereocenters. The first-order valence-electron chi connectivity index (χ1n) is 10.4. The maximum absolute atomic E-state index is 12.0. The lowest BCUT2D eigenvalue weighted by molar-refractivity contribution is -0.121. The number of nitrogens with one attached hydrogen (secondary N) is 2. The minimum absolute atomic E-state index is 0.135. The van der Waals surface area contributed by atoms with Crippen LogP contribution in [0.3, 0.4) is 0 Å². The van der Waals surface area contributed by atoms with E-state index < -0.39 is 6.03 Å². The number of carbonyl (C=O) groups excluding carboxylic acids is 3. The molecule has 2 N–H and O–H groups in total. The molecule has 3 heterocycles. The molecule has 3 aromatic rings. The summed E-state index contributed by atoms with van der Waals surface area (Å²) in [4.78, 5) is 36.3. The van der Waals surface area contributed by atoms with Gasteiger partial charge in [0, 0.05) is 37.6 Å². The van der Waals surface area contributed by atoms with Crippen LogP contribution >= 0.6 is 0 Å². The molecule has 2 aromatic heterocycles. The highest BCUT2D eigenvalue weighted by Crippen LogP contribution is 2.23. The Balaban J connectivity index is 1.27. The van der Waals surface area contributed by atoms with Gasteiger partial charge in [0.05, 0.1) is 13.7 Å². The van der Waals surface area contributed by atoms with Crippen LogP contribution in [0.25, 0.3) is 17.0 Å². The van der Waals surface area contributed by atoms with Gasteiger partial charge in [0.1, 0.15) is 12.4 Å². The molecule has 1 fully saturated rings. The Kier molecular flexibility index (Phi) is 6.62. The van der Waals surface area contributed by atoms with Crippen LogP contribution in [0.4, 0.5) is 4.79 Å². The molecule has 1 saturated heterocycles. The molecule has 0 aliphatic carbocycles. The third kappa shape index (κ3) is 5.34. The second-order valence-electron chi connectivity index (χ2n) is 7.24. The summed E-state index contributed by atoms with van der Waals surface area (Å²) in [6.45, 7) is 1.04. The lowest BCUT2D eigenvalue weighted by Gasteiger charge is -2.26. The van der Waals surface area contributed by atoms with Crippen LogP contribution in [0, 0.1) is 0 Å². The van der Waals surface area contributed by atoms with Crippen molar-refractivity contribution < 1.29 is 23.9 Å². The van der Waals surface area contributed by atoms with Crippen LogP contribution in [-0.4, -0.2) is 75.9 Å². The SMILES string of the molecule is COc1cccc(-c2nnc3ccc(OCCNC(=O)CCN4CCC(=O)NC4=O)nn23)c1. The molecule has 33 heavy (non-hydrogen) atoms. The molecule has 12 nitrogen and oxygen atoms in total. The van der Waals surface area contributed by atoms with Gasteiger partial charge in [0.15, 0.2) is 11.5 Å². The van der Waals surface area contributed by atoms with Crippen molar-refractivity contribution in [3.05, 3.63) is 36.4 Å². The van der Waals surface area contributed by atoms with Gasteiger partial charge < -0.3 is 19.7 Å². The summed E-state index contributed by atoms with van der Waals surface area (Å²) in [5, 5.41) is 17.7. The molecule has 0 atom stereocenters. The number of ether oxygens (including phenoxy) is 2. The van der Waals surface area contributed by atoms with Crippen LogP contribution in [0.5, 0.6) is 11.6 Å². The predicted octanol–water partition coefficient (Wildman–Crippen LogP) is 0.627. The molecule has 0 radical (unpaired) electrons. The van der Waals surface area contributed by atoms with Crippen LogP contribution in [0.15, 0.2) is 36.4 Å². The van der Waals surface area contributed by atoms with E-state index in [1.54, 1.807) is 23.8 Å². The number of rotatable bonds is 9. The van der Waals surface area contributed by atoms with Crippen LogP contribution < -0.4 is 20.1 Å². The first-order chi connectivity index (χ1) is 16.0. The van der Waals surface area contributed by atoms with E-state index in [1.165, 1.54) is 4.90 Å². The Bertz CT molecular complexity index is 1180. The normalized spacial score (nSPS) is 13.7. The standard InChI is InChI=1S/C21H23N7O5/c1-32-15-4-2-3-14(13-15)20-25-24-16-5-6-19(26-28(16)20)33-12-9-22-17(29)7-10-27-11-8-18(30)23-21(27)31/h2-6,13H,7-12H2,1H3,(H,22,29)(H,23,30,31). The van der Waals surface area contributed by atoms with Gasteiger partial charge in [-0.25, -0.2) is 4.79 Å². The van der Waals surface area contributed by atoms with E-state index in [0.717, 1.165) is 5.56 Å². The quantitative estimate of drug-likeness (QED) is 0.450. The average molecular weight is 453 g/mol. The minimum Gasteiger partial charge on any atom is -0.497 e. The summed E-state index contributed by atoms with van der Waals surface area (Å²) in [5.41, 5.74) is 1.36. The number of imide groups is 1. The van der Waals surface area contributed by atoms with Gasteiger partial charge in [-0.2, -0.15) is 4.52 Å². The average Bonchev–Trinajstić information content (AvgIpc) is 3.24. The third-order valence-electron chi connectivity index (χ3n) is 4.99. The van der Waals surface area contributed by atoms with Gasteiger partial charge in [-0.05, 0) is 18.2 Å². The van der Waals surface area contributed by atoms with Crippen molar-refractivity contribution in [3.63, 3.8) is 0 Å². The van der Waals surface area contributed by atoms with Crippen LogP contribution in [0.2, 0.25) is 0 Å². The van der Waals surface area contributed by atoms with E-state index in [9.17, 15) is 14.4 Å². The first-order valence-corrected chi connectivity index (χ1v) is 10.4. The van der Waals surface area contributed by atoms with E-state index in [1.807, 2.05) is 24.3 Å². The van der Waals surface area contributed by atoms with Gasteiger partial charge in [-0.1, -0.05) is 12.1 Å². The monoisotopic (exact) mass is 453 g/mol. The number of hydrogen-bond acceptors (Lipinski definition) is 8. The summed E-state index contributed by atoms with van der Waals surface area (Å²) >= 11 is 0. The second kappa shape index (κ2) is 9.94. The van der Waals surface area contributed by atoms with E-state index in [4.69, 9.17) is 9.47 Å². The first kappa shape index (κ1) is 22.0. The predicted molar refractivity (Wildman–Crippen MR) is 116 cm³/mol. The van der Waals surface area contributed by atoms with Crippen LogP contribution in [-0.2, 0) is 9.59 Å². The van der Waals surface area contributed by atoms with Crippen molar-refractivity contribution >= 4 is 23.5 Å². The zero-order chi connectivity index (χ0) is 23.2. The Morgan fingerprint density at radius 3 is 2.91 bits per heavy atom. The van der Waals surface area contributed by atoms with Gasteiger partial charge in [-0.15, -0.1) is 15.3 Å². The number of urea groups is 1. The van der Waals surface area contributed by atoms with Crippen molar-refractivity contribution in [3.8, 4) is 23.0 Å². The molecule has 1 aliphatic rings. The largest absolute Gasteiger partial charge is 0.497 e. The Morgan fingerprint density at radius 2 is 2.09 bits per heavy atom. The highest BCUT2D eigenvalue weighted by atomic mass is 16.5. The highest BCUT2D eigenvalue weighted by molar-refractivity contribution is 5.96. The van der Waals surface area contributed by atoms with E-state index in [0.29, 0.717) is 29.6 Å². The fraction of sp³-hybridized carbons (Fsp3) is 0.333. The second-order valence-corrected chi connectivity index (χ2v) is 7.24. The van der Waals surface area contributed by atoms with Crippen molar-refractivity contribution in [2.45, 2.75) is 12.8 Å². The van der Waals surface area contributed by atoms with Crippen molar-refractivity contribution in [2.24, 2.45) is 0 Å².